The molecule has 5 rings (SSSR count). The van der Waals surface area contributed by atoms with Crippen LogP contribution in [0.1, 0.15) is 40.9 Å². The summed E-state index contributed by atoms with van der Waals surface area (Å²) in [5.74, 6) is 0.664. The molecule has 0 amide bonds. The zero-order valence-corrected chi connectivity index (χ0v) is 17.8. The van der Waals surface area contributed by atoms with E-state index in [9.17, 15) is 0 Å². The van der Waals surface area contributed by atoms with Gasteiger partial charge in [0.2, 0.25) is 6.23 Å². The fourth-order valence-electron chi connectivity index (χ4n) is 3.88. The summed E-state index contributed by atoms with van der Waals surface area (Å²) in [6.07, 6.45) is 0.353. The van der Waals surface area contributed by atoms with Crippen molar-refractivity contribution in [1.29, 1.82) is 0 Å². The minimum Gasteiger partial charge on any atom is -0.463 e. The highest BCUT2D eigenvalue weighted by atomic mass is 35.5. The Morgan fingerprint density at radius 3 is 2.38 bits per heavy atom. The minimum absolute atomic E-state index is 0.00747. The van der Waals surface area contributed by atoms with Gasteiger partial charge in [-0.15, -0.1) is 0 Å². The Kier molecular flexibility index (Phi) is 4.70. The molecule has 146 valence electrons. The molecule has 2 aliphatic heterocycles. The number of hydrogen-bond donors (Lipinski definition) is 0. The molecule has 2 heterocycles. The molecular weight excluding hydrogens is 427 g/mol. The fourth-order valence-corrected chi connectivity index (χ4v) is 4.56. The predicted molar refractivity (Wildman–Crippen MR) is 118 cm³/mol. The summed E-state index contributed by atoms with van der Waals surface area (Å²) in [6, 6.07) is 19.7. The van der Waals surface area contributed by atoms with Gasteiger partial charge in [-0.1, -0.05) is 76.8 Å². The summed E-state index contributed by atoms with van der Waals surface area (Å²) in [6.45, 7) is 2.08. The Morgan fingerprint density at radius 1 is 0.931 bits per heavy atom. The normalized spacial score (nSPS) is 20.0. The predicted octanol–water partition coefficient (Wildman–Crippen LogP) is 7.20. The lowest BCUT2D eigenvalue weighted by molar-refractivity contribution is -0.0189. The quantitative estimate of drug-likeness (QED) is 0.418. The molecule has 6 heteroatoms. The number of hydrogen-bond acceptors (Lipinski definition) is 3. The van der Waals surface area contributed by atoms with Crippen LogP contribution in [0.5, 0.6) is 5.75 Å². The summed E-state index contributed by atoms with van der Waals surface area (Å²) in [4.78, 5) is 0. The summed E-state index contributed by atoms with van der Waals surface area (Å²) in [5.41, 5.74) is 5.26. The molecule has 0 radical (unpaired) electrons. The van der Waals surface area contributed by atoms with Crippen LogP contribution < -0.4 is 4.74 Å². The van der Waals surface area contributed by atoms with Gasteiger partial charge in [0.15, 0.2) is 0 Å². The second-order valence-corrected chi connectivity index (χ2v) is 8.62. The van der Waals surface area contributed by atoms with Crippen molar-refractivity contribution in [2.45, 2.75) is 25.6 Å². The van der Waals surface area contributed by atoms with E-state index in [4.69, 9.17) is 44.6 Å². The van der Waals surface area contributed by atoms with Gasteiger partial charge in [0.05, 0.1) is 16.8 Å². The van der Waals surface area contributed by atoms with Gasteiger partial charge in [0.1, 0.15) is 5.75 Å². The second-order valence-electron chi connectivity index (χ2n) is 7.34. The van der Waals surface area contributed by atoms with Crippen LogP contribution >= 0.6 is 34.8 Å². The maximum atomic E-state index is 6.50. The molecule has 0 fully saturated rings. The highest BCUT2D eigenvalue weighted by Gasteiger charge is 2.42. The van der Waals surface area contributed by atoms with Gasteiger partial charge in [0.25, 0.3) is 0 Å². The van der Waals surface area contributed by atoms with Gasteiger partial charge in [-0.2, -0.15) is 5.10 Å². The number of benzene rings is 3. The molecule has 3 nitrogen and oxygen atoms in total. The first-order valence-corrected chi connectivity index (χ1v) is 10.5. The molecule has 0 saturated heterocycles. The largest absolute Gasteiger partial charge is 0.463 e. The van der Waals surface area contributed by atoms with Crippen LogP contribution in [-0.2, 0) is 0 Å². The summed E-state index contributed by atoms with van der Waals surface area (Å²) >= 11 is 18.9. The van der Waals surface area contributed by atoms with Gasteiger partial charge in [-0.25, -0.2) is 5.01 Å². The van der Waals surface area contributed by atoms with Gasteiger partial charge in [-0.3, -0.25) is 0 Å². The third-order valence-electron chi connectivity index (χ3n) is 5.35. The van der Waals surface area contributed by atoms with Crippen LogP contribution in [0.2, 0.25) is 15.1 Å². The number of halogens is 3. The van der Waals surface area contributed by atoms with E-state index in [1.54, 1.807) is 6.07 Å². The number of ether oxygens (including phenoxy) is 1. The molecule has 0 bridgehead atoms. The SMILES string of the molecule is Cc1ccc(C2=NN3C(C2)c2cc(Cl)cc(Cl)c2OC3c2ccc(Cl)cc2)cc1. The van der Waals surface area contributed by atoms with Crippen LogP contribution in [0.4, 0.5) is 0 Å². The standard InChI is InChI=1S/C23H17Cl3N2O/c1-13-2-4-14(5-3-13)20-12-21-18-10-17(25)11-19(26)22(18)29-23(28(21)27-20)15-6-8-16(24)9-7-15/h2-11,21,23H,12H2,1H3. The van der Waals surface area contributed by atoms with Crippen molar-refractivity contribution in [2.75, 3.05) is 0 Å². The monoisotopic (exact) mass is 442 g/mol. The molecule has 2 atom stereocenters. The van der Waals surface area contributed by atoms with Crippen molar-refractivity contribution in [2.24, 2.45) is 5.10 Å². The van der Waals surface area contributed by atoms with Crippen LogP contribution in [0.3, 0.4) is 0 Å². The number of aryl methyl sites for hydroxylation is 1. The van der Waals surface area contributed by atoms with Crippen molar-refractivity contribution in [3.05, 3.63) is 98.0 Å². The maximum absolute atomic E-state index is 6.50. The average molecular weight is 444 g/mol. The maximum Gasteiger partial charge on any atom is 0.213 e. The Bertz CT molecular complexity index is 1110. The molecule has 2 unspecified atom stereocenters. The fraction of sp³-hybridized carbons (Fsp3) is 0.174. The van der Waals surface area contributed by atoms with Crippen molar-refractivity contribution < 1.29 is 4.74 Å². The Balaban J connectivity index is 1.62. The summed E-state index contributed by atoms with van der Waals surface area (Å²) in [7, 11) is 0. The minimum atomic E-state index is -0.397. The Morgan fingerprint density at radius 2 is 1.66 bits per heavy atom. The molecule has 0 N–H and O–H groups in total. The van der Waals surface area contributed by atoms with Crippen LogP contribution in [0.15, 0.2) is 65.8 Å². The zero-order valence-electron chi connectivity index (χ0n) is 15.6. The molecule has 2 aliphatic rings. The van der Waals surface area contributed by atoms with Gasteiger partial charge < -0.3 is 4.74 Å². The Labute approximate surface area is 184 Å². The lowest BCUT2D eigenvalue weighted by atomic mass is 9.95. The van der Waals surface area contributed by atoms with Crippen molar-refractivity contribution >= 4 is 40.5 Å². The van der Waals surface area contributed by atoms with E-state index in [0.717, 1.165) is 28.8 Å². The van der Waals surface area contributed by atoms with E-state index in [1.807, 2.05) is 35.3 Å². The van der Waals surface area contributed by atoms with E-state index >= 15 is 0 Å². The smallest absolute Gasteiger partial charge is 0.213 e. The van der Waals surface area contributed by atoms with E-state index in [-0.39, 0.29) is 6.04 Å². The molecule has 0 saturated carbocycles. The molecule has 3 aromatic rings. The lowest BCUT2D eigenvalue weighted by Gasteiger charge is -2.38. The van der Waals surface area contributed by atoms with Crippen LogP contribution in [0, 0.1) is 6.92 Å². The lowest BCUT2D eigenvalue weighted by Crippen LogP contribution is -2.33. The van der Waals surface area contributed by atoms with Gasteiger partial charge >= 0.3 is 0 Å². The van der Waals surface area contributed by atoms with Gasteiger partial charge in [-0.05, 0) is 36.8 Å². The highest BCUT2D eigenvalue weighted by molar-refractivity contribution is 6.35. The first-order valence-electron chi connectivity index (χ1n) is 9.33. The van der Waals surface area contributed by atoms with Gasteiger partial charge in [0, 0.05) is 27.6 Å². The topological polar surface area (TPSA) is 24.8 Å². The van der Waals surface area contributed by atoms with E-state index < -0.39 is 6.23 Å². The molecular formula is C23H17Cl3N2O. The molecule has 3 aromatic carbocycles. The van der Waals surface area contributed by atoms with Crippen LogP contribution in [-0.4, -0.2) is 10.7 Å². The number of nitrogens with zero attached hydrogens (tertiary/aromatic N) is 2. The van der Waals surface area contributed by atoms with E-state index in [0.29, 0.717) is 20.8 Å². The molecule has 29 heavy (non-hydrogen) atoms. The van der Waals surface area contributed by atoms with E-state index in [2.05, 4.69) is 31.2 Å². The summed E-state index contributed by atoms with van der Waals surface area (Å²) < 4.78 is 6.35. The Hall–Kier alpha value is -2.20. The number of hydrazone groups is 1. The molecule has 0 spiro atoms. The van der Waals surface area contributed by atoms with Crippen molar-refractivity contribution in [3.63, 3.8) is 0 Å². The van der Waals surface area contributed by atoms with Crippen LogP contribution in [0.25, 0.3) is 0 Å². The highest BCUT2D eigenvalue weighted by Crippen LogP contribution is 2.50. The number of rotatable bonds is 2. The molecule has 0 aliphatic carbocycles. The third-order valence-corrected chi connectivity index (χ3v) is 6.10. The van der Waals surface area contributed by atoms with Crippen molar-refractivity contribution in [3.8, 4) is 5.75 Å². The zero-order chi connectivity index (χ0) is 20.1. The van der Waals surface area contributed by atoms with Crippen molar-refractivity contribution in [1.82, 2.24) is 5.01 Å². The first-order chi connectivity index (χ1) is 14.0. The first kappa shape index (κ1) is 18.8. The average Bonchev–Trinajstić information content (AvgIpc) is 3.14. The second kappa shape index (κ2) is 7.24. The third kappa shape index (κ3) is 3.38. The summed E-state index contributed by atoms with van der Waals surface area (Å²) in [5, 5.41) is 8.74. The van der Waals surface area contributed by atoms with E-state index in [1.165, 1.54) is 5.56 Å². The molecule has 0 aromatic heterocycles. The number of fused-ring (bicyclic) bond motifs is 3.